The zero-order chi connectivity index (χ0) is 10.7. The molecule has 2 heteroatoms. The van der Waals surface area contributed by atoms with Gasteiger partial charge in [-0.1, -0.05) is 18.9 Å². The number of rotatable bonds is 0. The number of aryl methyl sites for hydroxylation is 1. The molecule has 0 atom stereocenters. The molecule has 0 fully saturated rings. The molecule has 0 saturated heterocycles. The summed E-state index contributed by atoms with van der Waals surface area (Å²) in [7, 11) is 0. The average Bonchev–Trinajstić information content (AvgIpc) is 2.26. The fourth-order valence-corrected chi connectivity index (χ4v) is 2.21. The molecular formula is C13H16O2. The molecule has 0 unspecified atom stereocenters. The Morgan fingerprint density at radius 2 is 1.73 bits per heavy atom. The molecule has 2 rings (SSSR count). The van der Waals surface area contributed by atoms with Crippen molar-refractivity contribution in [2.75, 3.05) is 0 Å². The van der Waals surface area contributed by atoms with Gasteiger partial charge in [-0.05, 0) is 42.9 Å². The topological polar surface area (TPSA) is 37.3 Å². The van der Waals surface area contributed by atoms with Crippen molar-refractivity contribution in [3.8, 4) is 5.75 Å². The molecule has 0 aliphatic heterocycles. The predicted molar refractivity (Wildman–Crippen MR) is 60.3 cm³/mol. The summed E-state index contributed by atoms with van der Waals surface area (Å²) in [5.74, 6) is 0.182. The van der Waals surface area contributed by atoms with Gasteiger partial charge in [0.05, 0.1) is 0 Å². The number of aromatic hydroxyl groups is 1. The monoisotopic (exact) mass is 204 g/mol. The first-order chi connectivity index (χ1) is 7.27. The van der Waals surface area contributed by atoms with Crippen molar-refractivity contribution in [3.63, 3.8) is 0 Å². The lowest BCUT2D eigenvalue weighted by Gasteiger charge is -2.12. The molecule has 1 aromatic rings. The minimum absolute atomic E-state index is 0.112. The van der Waals surface area contributed by atoms with Gasteiger partial charge in [0.15, 0.2) is 5.43 Å². The van der Waals surface area contributed by atoms with Crippen molar-refractivity contribution in [1.82, 2.24) is 0 Å². The van der Waals surface area contributed by atoms with Crippen LogP contribution < -0.4 is 5.43 Å². The van der Waals surface area contributed by atoms with Crippen molar-refractivity contribution >= 4 is 0 Å². The second kappa shape index (κ2) is 4.47. The minimum atomic E-state index is -0.112. The van der Waals surface area contributed by atoms with Crippen molar-refractivity contribution < 1.29 is 5.11 Å². The minimum Gasteiger partial charge on any atom is -0.508 e. The first-order valence-corrected chi connectivity index (χ1v) is 5.62. The summed E-state index contributed by atoms with van der Waals surface area (Å²) in [6.07, 6.45) is 6.63. The Kier molecular flexibility index (Phi) is 3.05. The Labute approximate surface area is 89.6 Å². The van der Waals surface area contributed by atoms with Crippen LogP contribution in [0.1, 0.15) is 36.8 Å². The van der Waals surface area contributed by atoms with E-state index in [4.69, 9.17) is 0 Å². The summed E-state index contributed by atoms with van der Waals surface area (Å²) >= 11 is 0. The number of fused-ring (bicyclic) bond motifs is 1. The third kappa shape index (κ3) is 2.38. The summed E-state index contributed by atoms with van der Waals surface area (Å²) in [5, 5.41) is 9.81. The largest absolute Gasteiger partial charge is 0.508 e. The van der Waals surface area contributed by atoms with Crippen LogP contribution in [0.3, 0.4) is 0 Å². The van der Waals surface area contributed by atoms with E-state index in [1.165, 1.54) is 18.9 Å². The Bertz CT molecular complexity index is 410. The standard InChI is InChI=1S/C13H16O2/c14-11-8-7-10-5-3-1-2-4-6-12(10)13(15)9-11/h7-9,15H,1-6H2. The van der Waals surface area contributed by atoms with Crippen molar-refractivity contribution in [2.45, 2.75) is 38.5 Å². The molecule has 0 amide bonds. The summed E-state index contributed by atoms with van der Waals surface area (Å²) < 4.78 is 0. The Morgan fingerprint density at radius 1 is 1.00 bits per heavy atom. The highest BCUT2D eigenvalue weighted by Crippen LogP contribution is 2.25. The molecule has 2 nitrogen and oxygen atoms in total. The predicted octanol–water partition coefficient (Wildman–Crippen LogP) is 2.41. The second-order valence-corrected chi connectivity index (χ2v) is 4.18. The van der Waals surface area contributed by atoms with Gasteiger partial charge in [0.25, 0.3) is 0 Å². The van der Waals surface area contributed by atoms with E-state index < -0.39 is 0 Å². The van der Waals surface area contributed by atoms with Crippen LogP contribution in [-0.2, 0) is 12.8 Å². The van der Waals surface area contributed by atoms with Crippen molar-refractivity contribution in [1.29, 1.82) is 0 Å². The van der Waals surface area contributed by atoms with Crippen LogP contribution in [0, 0.1) is 0 Å². The van der Waals surface area contributed by atoms with Crippen LogP contribution in [0.25, 0.3) is 0 Å². The molecule has 0 spiro atoms. The van der Waals surface area contributed by atoms with Crippen LogP contribution in [0.2, 0.25) is 0 Å². The molecule has 0 aromatic heterocycles. The molecule has 1 aromatic carbocycles. The maximum absolute atomic E-state index is 11.3. The molecule has 1 aliphatic rings. The van der Waals surface area contributed by atoms with Crippen LogP contribution in [0.5, 0.6) is 5.75 Å². The average molecular weight is 204 g/mol. The van der Waals surface area contributed by atoms with Gasteiger partial charge in [-0.2, -0.15) is 0 Å². The SMILES string of the molecule is O=c1ccc2c(c(O)c1)CCCCCC2. The van der Waals surface area contributed by atoms with E-state index in [0.29, 0.717) is 0 Å². The van der Waals surface area contributed by atoms with Gasteiger partial charge >= 0.3 is 0 Å². The molecule has 0 bridgehead atoms. The van der Waals surface area contributed by atoms with Crippen molar-refractivity contribution in [3.05, 3.63) is 39.5 Å². The van der Waals surface area contributed by atoms with Gasteiger partial charge in [-0.15, -0.1) is 0 Å². The third-order valence-electron chi connectivity index (χ3n) is 3.05. The highest BCUT2D eigenvalue weighted by molar-refractivity contribution is 5.38. The van der Waals surface area contributed by atoms with Gasteiger partial charge in [-0.3, -0.25) is 4.79 Å². The van der Waals surface area contributed by atoms with Gasteiger partial charge in [0.2, 0.25) is 0 Å². The maximum Gasteiger partial charge on any atom is 0.182 e. The second-order valence-electron chi connectivity index (χ2n) is 4.18. The van der Waals surface area contributed by atoms with Crippen LogP contribution in [-0.4, -0.2) is 5.11 Å². The van der Waals surface area contributed by atoms with Gasteiger partial charge in [0.1, 0.15) is 5.75 Å². The molecule has 0 radical (unpaired) electrons. The van der Waals surface area contributed by atoms with E-state index in [0.717, 1.165) is 36.8 Å². The van der Waals surface area contributed by atoms with Crippen LogP contribution in [0.15, 0.2) is 23.0 Å². The van der Waals surface area contributed by atoms with E-state index in [1.807, 2.05) is 6.07 Å². The number of hydrogen-bond donors (Lipinski definition) is 1. The lowest BCUT2D eigenvalue weighted by molar-refractivity contribution is 0.463. The lowest BCUT2D eigenvalue weighted by Crippen LogP contribution is -1.97. The van der Waals surface area contributed by atoms with Crippen molar-refractivity contribution in [2.24, 2.45) is 0 Å². The fraction of sp³-hybridized carbons (Fsp3) is 0.462. The van der Waals surface area contributed by atoms with E-state index in [1.54, 1.807) is 6.07 Å². The summed E-state index contributed by atoms with van der Waals surface area (Å²) in [4.78, 5) is 11.3. The summed E-state index contributed by atoms with van der Waals surface area (Å²) in [6, 6.07) is 4.77. The molecule has 15 heavy (non-hydrogen) atoms. The zero-order valence-electron chi connectivity index (χ0n) is 8.83. The number of hydrogen-bond acceptors (Lipinski definition) is 2. The van der Waals surface area contributed by atoms with E-state index in [9.17, 15) is 9.90 Å². The van der Waals surface area contributed by atoms with E-state index >= 15 is 0 Å². The van der Waals surface area contributed by atoms with Gasteiger partial charge in [0, 0.05) is 6.07 Å². The highest BCUT2D eigenvalue weighted by atomic mass is 16.3. The molecule has 1 N–H and O–H groups in total. The highest BCUT2D eigenvalue weighted by Gasteiger charge is 2.09. The quantitative estimate of drug-likeness (QED) is 0.704. The van der Waals surface area contributed by atoms with Crippen LogP contribution >= 0.6 is 0 Å². The van der Waals surface area contributed by atoms with Crippen LogP contribution in [0.4, 0.5) is 0 Å². The Balaban J connectivity index is 2.52. The normalized spacial score (nSPS) is 16.3. The van der Waals surface area contributed by atoms with E-state index in [-0.39, 0.29) is 11.2 Å². The molecule has 80 valence electrons. The lowest BCUT2D eigenvalue weighted by atomic mass is 9.95. The summed E-state index contributed by atoms with van der Waals surface area (Å²) in [5.41, 5.74) is 2.02. The van der Waals surface area contributed by atoms with E-state index in [2.05, 4.69) is 0 Å². The third-order valence-corrected chi connectivity index (χ3v) is 3.05. The first-order valence-electron chi connectivity index (χ1n) is 5.62. The first kappa shape index (κ1) is 10.2. The Hall–Kier alpha value is -1.31. The molecule has 0 saturated carbocycles. The fourth-order valence-electron chi connectivity index (χ4n) is 2.21. The maximum atomic E-state index is 11.3. The summed E-state index contributed by atoms with van der Waals surface area (Å²) in [6.45, 7) is 0. The molecule has 1 aliphatic carbocycles. The van der Waals surface area contributed by atoms with Gasteiger partial charge < -0.3 is 5.11 Å². The van der Waals surface area contributed by atoms with Gasteiger partial charge in [-0.25, -0.2) is 0 Å². The smallest absolute Gasteiger partial charge is 0.182 e. The molecule has 0 heterocycles. The molecular weight excluding hydrogens is 188 g/mol. The zero-order valence-corrected chi connectivity index (χ0v) is 8.83. The Morgan fingerprint density at radius 3 is 2.53 bits per heavy atom.